The number of anilines is 2. The Morgan fingerprint density at radius 2 is 2.21 bits per heavy atom. The van der Waals surface area contributed by atoms with Crippen molar-refractivity contribution in [2.75, 3.05) is 30.9 Å². The average Bonchev–Trinajstić information content (AvgIpc) is 2.40. The summed E-state index contributed by atoms with van der Waals surface area (Å²) in [6.07, 6.45) is 0.969. The fourth-order valence-corrected chi connectivity index (χ4v) is 1.92. The van der Waals surface area contributed by atoms with Crippen molar-refractivity contribution < 1.29 is 14.6 Å². The maximum atomic E-state index is 11.1. The van der Waals surface area contributed by atoms with Crippen molar-refractivity contribution in [3.8, 4) is 0 Å². The van der Waals surface area contributed by atoms with E-state index in [2.05, 4.69) is 18.7 Å². The molecule has 106 valence electrons. The smallest absolute Gasteiger partial charge is 0.337 e. The first-order valence-corrected chi connectivity index (χ1v) is 6.39. The Hall–Kier alpha value is -1.75. The van der Waals surface area contributed by atoms with E-state index < -0.39 is 5.97 Å². The largest absolute Gasteiger partial charge is 0.478 e. The molecule has 5 heteroatoms. The lowest BCUT2D eigenvalue weighted by atomic mass is 10.1. The molecule has 0 radical (unpaired) electrons. The number of ether oxygens (including phenoxy) is 1. The molecule has 0 aromatic heterocycles. The lowest BCUT2D eigenvalue weighted by Crippen LogP contribution is -2.35. The fourth-order valence-electron chi connectivity index (χ4n) is 1.92. The summed E-state index contributed by atoms with van der Waals surface area (Å²) in [5, 5.41) is 9.12. The number of aromatic carboxylic acids is 1. The number of carboxylic acid groups (broad SMARTS) is 1. The first-order chi connectivity index (χ1) is 9.01. The summed E-state index contributed by atoms with van der Waals surface area (Å²) in [6.45, 7) is 5.51. The summed E-state index contributed by atoms with van der Waals surface area (Å²) in [4.78, 5) is 13.3. The molecule has 1 unspecified atom stereocenters. The molecule has 3 N–H and O–H groups in total. The molecule has 0 spiro atoms. The van der Waals surface area contributed by atoms with Crippen molar-refractivity contribution in [3.63, 3.8) is 0 Å². The maximum Gasteiger partial charge on any atom is 0.337 e. The lowest BCUT2D eigenvalue weighted by molar-refractivity contribution is 0.0698. The molecule has 0 heterocycles. The second-order valence-corrected chi connectivity index (χ2v) is 4.52. The third-order valence-corrected chi connectivity index (χ3v) is 3.26. The van der Waals surface area contributed by atoms with Gasteiger partial charge in [0.25, 0.3) is 0 Å². The summed E-state index contributed by atoms with van der Waals surface area (Å²) < 4.78 is 5.11. The van der Waals surface area contributed by atoms with Crippen LogP contribution in [0.1, 0.15) is 30.6 Å². The molecule has 1 aromatic rings. The highest BCUT2D eigenvalue weighted by Crippen LogP contribution is 2.23. The SMILES string of the molecule is CCC(C)N(CCOC)c1ccc(N)c(C(=O)O)c1. The van der Waals surface area contributed by atoms with Crippen LogP contribution in [0.3, 0.4) is 0 Å². The van der Waals surface area contributed by atoms with Crippen molar-refractivity contribution in [1.29, 1.82) is 0 Å². The van der Waals surface area contributed by atoms with E-state index in [-0.39, 0.29) is 11.3 Å². The summed E-state index contributed by atoms with van der Waals surface area (Å²) in [5.74, 6) is -1.00. The van der Waals surface area contributed by atoms with E-state index in [1.807, 2.05) is 6.07 Å². The van der Waals surface area contributed by atoms with Crippen molar-refractivity contribution in [3.05, 3.63) is 23.8 Å². The molecule has 0 bridgehead atoms. The summed E-state index contributed by atoms with van der Waals surface area (Å²) in [6, 6.07) is 5.42. The number of nitrogen functional groups attached to an aromatic ring is 1. The van der Waals surface area contributed by atoms with Gasteiger partial charge >= 0.3 is 5.97 Å². The van der Waals surface area contributed by atoms with E-state index >= 15 is 0 Å². The Morgan fingerprint density at radius 3 is 2.74 bits per heavy atom. The van der Waals surface area contributed by atoms with E-state index in [1.54, 1.807) is 19.2 Å². The van der Waals surface area contributed by atoms with Crippen molar-refractivity contribution in [1.82, 2.24) is 0 Å². The van der Waals surface area contributed by atoms with E-state index in [0.29, 0.717) is 19.2 Å². The highest BCUT2D eigenvalue weighted by molar-refractivity contribution is 5.94. The third kappa shape index (κ3) is 3.86. The van der Waals surface area contributed by atoms with E-state index in [9.17, 15) is 4.79 Å². The van der Waals surface area contributed by atoms with Gasteiger partial charge in [-0.05, 0) is 31.5 Å². The molecule has 0 fully saturated rings. The van der Waals surface area contributed by atoms with Crippen molar-refractivity contribution in [2.45, 2.75) is 26.3 Å². The summed E-state index contributed by atoms with van der Waals surface area (Å²) in [7, 11) is 1.65. The van der Waals surface area contributed by atoms with Crippen LogP contribution in [0.2, 0.25) is 0 Å². The number of hydrogen-bond acceptors (Lipinski definition) is 4. The number of rotatable bonds is 7. The van der Waals surface area contributed by atoms with Gasteiger partial charge in [0.2, 0.25) is 0 Å². The van der Waals surface area contributed by atoms with Gasteiger partial charge in [-0.1, -0.05) is 6.92 Å². The summed E-state index contributed by atoms with van der Waals surface area (Å²) >= 11 is 0. The predicted molar refractivity (Wildman–Crippen MR) is 76.8 cm³/mol. The molecule has 1 atom stereocenters. The van der Waals surface area contributed by atoms with Crippen LogP contribution in [-0.2, 0) is 4.74 Å². The van der Waals surface area contributed by atoms with Crippen LogP contribution in [0.5, 0.6) is 0 Å². The highest BCUT2D eigenvalue weighted by atomic mass is 16.5. The van der Waals surface area contributed by atoms with Gasteiger partial charge in [0.1, 0.15) is 0 Å². The third-order valence-electron chi connectivity index (χ3n) is 3.26. The molecular weight excluding hydrogens is 244 g/mol. The van der Waals surface area contributed by atoms with Crippen molar-refractivity contribution >= 4 is 17.3 Å². The first kappa shape index (κ1) is 15.3. The van der Waals surface area contributed by atoms with Crippen LogP contribution < -0.4 is 10.6 Å². The van der Waals surface area contributed by atoms with Crippen LogP contribution in [0.15, 0.2) is 18.2 Å². The van der Waals surface area contributed by atoms with Gasteiger partial charge in [-0.15, -0.1) is 0 Å². The Morgan fingerprint density at radius 1 is 1.53 bits per heavy atom. The number of nitrogens with two attached hydrogens (primary N) is 1. The minimum atomic E-state index is -1.00. The quantitative estimate of drug-likeness (QED) is 0.740. The van der Waals surface area contributed by atoms with Crippen LogP contribution in [0.4, 0.5) is 11.4 Å². The van der Waals surface area contributed by atoms with Crippen LogP contribution in [-0.4, -0.2) is 37.4 Å². The molecular formula is C14H22N2O3. The molecule has 1 rings (SSSR count). The van der Waals surface area contributed by atoms with E-state index in [0.717, 1.165) is 12.1 Å². The second-order valence-electron chi connectivity index (χ2n) is 4.52. The molecule has 1 aromatic carbocycles. The average molecular weight is 266 g/mol. The number of benzene rings is 1. The number of carboxylic acids is 1. The monoisotopic (exact) mass is 266 g/mol. The molecule has 0 aliphatic heterocycles. The fraction of sp³-hybridized carbons (Fsp3) is 0.500. The molecule has 19 heavy (non-hydrogen) atoms. The molecule has 0 saturated heterocycles. The Labute approximate surface area is 114 Å². The Balaban J connectivity index is 3.07. The molecule has 5 nitrogen and oxygen atoms in total. The van der Waals surface area contributed by atoms with Crippen molar-refractivity contribution in [2.24, 2.45) is 0 Å². The number of methoxy groups -OCH3 is 1. The Bertz CT molecular complexity index is 435. The van der Waals surface area contributed by atoms with Crippen LogP contribution in [0, 0.1) is 0 Å². The van der Waals surface area contributed by atoms with Gasteiger partial charge < -0.3 is 20.5 Å². The zero-order chi connectivity index (χ0) is 14.4. The summed E-state index contributed by atoms with van der Waals surface area (Å²) in [5.41, 5.74) is 6.96. The van der Waals surface area contributed by atoms with Gasteiger partial charge in [-0.3, -0.25) is 0 Å². The topological polar surface area (TPSA) is 75.8 Å². The number of carbonyl (C=O) groups is 1. The zero-order valence-electron chi connectivity index (χ0n) is 11.7. The van der Waals surface area contributed by atoms with Gasteiger partial charge in [0.05, 0.1) is 12.2 Å². The van der Waals surface area contributed by atoms with E-state index in [1.165, 1.54) is 0 Å². The van der Waals surface area contributed by atoms with Crippen LogP contribution >= 0.6 is 0 Å². The zero-order valence-corrected chi connectivity index (χ0v) is 11.7. The maximum absolute atomic E-state index is 11.1. The van der Waals surface area contributed by atoms with Gasteiger partial charge in [0, 0.05) is 31.1 Å². The molecule has 0 amide bonds. The van der Waals surface area contributed by atoms with E-state index in [4.69, 9.17) is 15.6 Å². The first-order valence-electron chi connectivity index (χ1n) is 6.39. The molecule has 0 aliphatic carbocycles. The Kier molecular flexibility index (Phi) is 5.63. The van der Waals surface area contributed by atoms with Gasteiger partial charge in [0.15, 0.2) is 0 Å². The van der Waals surface area contributed by atoms with Crippen LogP contribution in [0.25, 0.3) is 0 Å². The minimum Gasteiger partial charge on any atom is -0.478 e. The highest BCUT2D eigenvalue weighted by Gasteiger charge is 2.16. The molecule has 0 aliphatic rings. The predicted octanol–water partition coefficient (Wildman–Crippen LogP) is 2.22. The number of nitrogens with zero attached hydrogens (tertiary/aromatic N) is 1. The number of hydrogen-bond donors (Lipinski definition) is 2. The van der Waals surface area contributed by atoms with Gasteiger partial charge in [-0.25, -0.2) is 4.79 Å². The molecule has 0 saturated carbocycles. The minimum absolute atomic E-state index is 0.142. The second kappa shape index (κ2) is 6.99. The standard InChI is InChI=1S/C14H22N2O3/c1-4-10(2)16(7-8-19-3)11-5-6-13(15)12(9-11)14(17)18/h5-6,9-10H,4,7-8,15H2,1-3H3,(H,17,18). The van der Waals surface area contributed by atoms with Gasteiger partial charge in [-0.2, -0.15) is 0 Å². The normalized spacial score (nSPS) is 12.2. The lowest BCUT2D eigenvalue weighted by Gasteiger charge is -2.31.